The highest BCUT2D eigenvalue weighted by molar-refractivity contribution is 5.85. The summed E-state index contributed by atoms with van der Waals surface area (Å²) < 4.78 is 1.72. The number of carboxylic acids is 1. The van der Waals surface area contributed by atoms with Gasteiger partial charge >= 0.3 is 5.97 Å². The van der Waals surface area contributed by atoms with E-state index in [2.05, 4.69) is 25.6 Å². The standard InChI is InChI=1S/C13H14N6O2/c1-7-3-11(19-12(15-7)4-8(2)18-19)14-6-9-5-10(13(20)21)17-16-9/h3-5,14H,6H2,1-2H3,(H,16,17)(H,20,21). The first-order chi connectivity index (χ1) is 10.0. The highest BCUT2D eigenvalue weighted by atomic mass is 16.4. The highest BCUT2D eigenvalue weighted by Crippen LogP contribution is 2.14. The molecule has 0 amide bonds. The van der Waals surface area contributed by atoms with E-state index in [1.807, 2.05) is 26.0 Å². The van der Waals surface area contributed by atoms with Crippen molar-refractivity contribution in [2.75, 3.05) is 5.32 Å². The van der Waals surface area contributed by atoms with Crippen LogP contribution in [0.5, 0.6) is 0 Å². The Labute approximate surface area is 119 Å². The summed E-state index contributed by atoms with van der Waals surface area (Å²) in [5.74, 6) is -0.264. The predicted molar refractivity (Wildman–Crippen MR) is 75.3 cm³/mol. The minimum atomic E-state index is -1.05. The highest BCUT2D eigenvalue weighted by Gasteiger charge is 2.09. The van der Waals surface area contributed by atoms with Crippen molar-refractivity contribution in [2.24, 2.45) is 0 Å². The van der Waals surface area contributed by atoms with Crippen molar-refractivity contribution in [1.29, 1.82) is 0 Å². The van der Waals surface area contributed by atoms with Crippen molar-refractivity contribution < 1.29 is 9.90 Å². The van der Waals surface area contributed by atoms with Gasteiger partial charge in [0.1, 0.15) is 5.82 Å². The Morgan fingerprint density at radius 3 is 2.86 bits per heavy atom. The molecule has 3 rings (SSSR count). The third-order valence-electron chi connectivity index (χ3n) is 2.99. The number of aromatic carboxylic acids is 1. The van der Waals surface area contributed by atoms with Crippen molar-refractivity contribution >= 4 is 17.4 Å². The number of carbonyl (C=O) groups is 1. The molecule has 0 atom stereocenters. The summed E-state index contributed by atoms with van der Waals surface area (Å²) in [5, 5.41) is 22.8. The Hall–Kier alpha value is -2.90. The zero-order chi connectivity index (χ0) is 15.0. The van der Waals surface area contributed by atoms with E-state index in [1.165, 1.54) is 6.07 Å². The van der Waals surface area contributed by atoms with Gasteiger partial charge in [0.05, 0.1) is 17.9 Å². The fraction of sp³-hybridized carbons (Fsp3) is 0.231. The molecule has 0 saturated heterocycles. The Bertz CT molecular complexity index is 819. The summed E-state index contributed by atoms with van der Waals surface area (Å²) >= 11 is 0. The Balaban J connectivity index is 1.85. The summed E-state index contributed by atoms with van der Waals surface area (Å²) in [6, 6.07) is 5.28. The smallest absolute Gasteiger partial charge is 0.356 e. The summed E-state index contributed by atoms with van der Waals surface area (Å²) in [4.78, 5) is 15.2. The number of fused-ring (bicyclic) bond motifs is 1. The molecule has 0 aliphatic rings. The average Bonchev–Trinajstić information content (AvgIpc) is 3.01. The molecular formula is C13H14N6O2. The molecular weight excluding hydrogens is 272 g/mol. The number of nitrogens with zero attached hydrogens (tertiary/aromatic N) is 4. The first-order valence-electron chi connectivity index (χ1n) is 6.38. The molecule has 3 aromatic heterocycles. The molecule has 21 heavy (non-hydrogen) atoms. The second-order valence-electron chi connectivity index (χ2n) is 4.78. The van der Waals surface area contributed by atoms with Crippen LogP contribution >= 0.6 is 0 Å². The van der Waals surface area contributed by atoms with Crippen molar-refractivity contribution in [1.82, 2.24) is 24.8 Å². The number of nitrogens with one attached hydrogen (secondary N) is 2. The number of hydrogen-bond donors (Lipinski definition) is 3. The van der Waals surface area contributed by atoms with Gasteiger partial charge in [-0.25, -0.2) is 9.78 Å². The molecule has 0 unspecified atom stereocenters. The molecule has 0 bridgehead atoms. The van der Waals surface area contributed by atoms with Crippen LogP contribution in [0, 0.1) is 13.8 Å². The topological polar surface area (TPSA) is 108 Å². The Kier molecular flexibility index (Phi) is 3.05. The number of aromatic nitrogens is 5. The van der Waals surface area contributed by atoms with E-state index in [0.29, 0.717) is 12.2 Å². The first-order valence-corrected chi connectivity index (χ1v) is 6.38. The maximum atomic E-state index is 10.8. The number of aryl methyl sites for hydroxylation is 2. The van der Waals surface area contributed by atoms with Crippen molar-refractivity contribution in [3.63, 3.8) is 0 Å². The van der Waals surface area contributed by atoms with Crippen LogP contribution < -0.4 is 5.32 Å². The van der Waals surface area contributed by atoms with Crippen LogP contribution in [0.1, 0.15) is 27.6 Å². The van der Waals surface area contributed by atoms with Gasteiger partial charge in [0.15, 0.2) is 11.3 Å². The van der Waals surface area contributed by atoms with Crippen LogP contribution in [-0.4, -0.2) is 35.9 Å². The SMILES string of the molecule is Cc1cc(NCc2cc(C(=O)O)n[nH]2)n2nc(C)cc2n1. The Morgan fingerprint density at radius 1 is 1.33 bits per heavy atom. The number of anilines is 1. The Morgan fingerprint density at radius 2 is 2.14 bits per heavy atom. The number of rotatable bonds is 4. The van der Waals surface area contributed by atoms with Gasteiger partial charge < -0.3 is 10.4 Å². The lowest BCUT2D eigenvalue weighted by molar-refractivity contribution is 0.0690. The van der Waals surface area contributed by atoms with E-state index < -0.39 is 5.97 Å². The molecule has 108 valence electrons. The van der Waals surface area contributed by atoms with E-state index in [9.17, 15) is 4.79 Å². The summed E-state index contributed by atoms with van der Waals surface area (Å²) in [6.07, 6.45) is 0. The largest absolute Gasteiger partial charge is 0.476 e. The normalized spacial score (nSPS) is 11.0. The molecule has 0 saturated carbocycles. The lowest BCUT2D eigenvalue weighted by Crippen LogP contribution is -2.07. The minimum absolute atomic E-state index is 0.00205. The predicted octanol–water partition coefficient (Wildman–Crippen LogP) is 1.38. The maximum Gasteiger partial charge on any atom is 0.356 e. The van der Waals surface area contributed by atoms with Gasteiger partial charge in [-0.15, -0.1) is 0 Å². The molecule has 0 spiro atoms. The molecule has 3 heterocycles. The molecule has 8 nitrogen and oxygen atoms in total. The van der Waals surface area contributed by atoms with Crippen molar-refractivity contribution in [2.45, 2.75) is 20.4 Å². The summed E-state index contributed by atoms with van der Waals surface area (Å²) in [7, 11) is 0. The second kappa shape index (κ2) is 4.89. The van der Waals surface area contributed by atoms with Gasteiger partial charge in [0.2, 0.25) is 0 Å². The van der Waals surface area contributed by atoms with Crippen LogP contribution in [0.4, 0.5) is 5.82 Å². The summed E-state index contributed by atoms with van der Waals surface area (Å²) in [5.41, 5.74) is 3.20. The van der Waals surface area contributed by atoms with E-state index in [0.717, 1.165) is 22.9 Å². The van der Waals surface area contributed by atoms with Crippen LogP contribution in [0.15, 0.2) is 18.2 Å². The van der Waals surface area contributed by atoms with Gasteiger partial charge in [-0.1, -0.05) is 0 Å². The monoisotopic (exact) mass is 286 g/mol. The fourth-order valence-corrected chi connectivity index (χ4v) is 2.09. The zero-order valence-corrected chi connectivity index (χ0v) is 11.6. The van der Waals surface area contributed by atoms with Crippen LogP contribution in [-0.2, 0) is 6.54 Å². The maximum absolute atomic E-state index is 10.8. The molecule has 0 radical (unpaired) electrons. The van der Waals surface area contributed by atoms with Crippen molar-refractivity contribution in [3.8, 4) is 0 Å². The van der Waals surface area contributed by atoms with E-state index in [4.69, 9.17) is 5.11 Å². The van der Waals surface area contributed by atoms with E-state index in [-0.39, 0.29) is 5.69 Å². The minimum Gasteiger partial charge on any atom is -0.476 e. The molecule has 0 aliphatic heterocycles. The molecule has 3 aromatic rings. The zero-order valence-electron chi connectivity index (χ0n) is 11.6. The molecule has 0 aliphatic carbocycles. The summed E-state index contributed by atoms with van der Waals surface area (Å²) in [6.45, 7) is 4.23. The third-order valence-corrected chi connectivity index (χ3v) is 2.99. The average molecular weight is 286 g/mol. The number of hydrogen-bond acceptors (Lipinski definition) is 5. The quantitative estimate of drug-likeness (QED) is 0.668. The number of aromatic amines is 1. The molecule has 0 fully saturated rings. The van der Waals surface area contributed by atoms with Gasteiger partial charge in [0.25, 0.3) is 0 Å². The number of H-pyrrole nitrogens is 1. The van der Waals surface area contributed by atoms with Crippen LogP contribution in [0.2, 0.25) is 0 Å². The fourth-order valence-electron chi connectivity index (χ4n) is 2.09. The third kappa shape index (κ3) is 2.55. The van der Waals surface area contributed by atoms with Gasteiger partial charge in [0, 0.05) is 17.8 Å². The molecule has 0 aromatic carbocycles. The van der Waals surface area contributed by atoms with Crippen molar-refractivity contribution in [3.05, 3.63) is 41.0 Å². The molecule has 3 N–H and O–H groups in total. The van der Waals surface area contributed by atoms with E-state index >= 15 is 0 Å². The molecule has 8 heteroatoms. The lowest BCUT2D eigenvalue weighted by atomic mass is 10.3. The lowest BCUT2D eigenvalue weighted by Gasteiger charge is -2.08. The van der Waals surface area contributed by atoms with Gasteiger partial charge in [-0.3, -0.25) is 5.10 Å². The van der Waals surface area contributed by atoms with Gasteiger partial charge in [-0.05, 0) is 19.9 Å². The first kappa shape index (κ1) is 13.1. The second-order valence-corrected chi connectivity index (χ2v) is 4.78. The van der Waals surface area contributed by atoms with E-state index in [1.54, 1.807) is 4.52 Å². The number of carboxylic acid groups (broad SMARTS) is 1. The van der Waals surface area contributed by atoms with Crippen LogP contribution in [0.25, 0.3) is 5.65 Å². The van der Waals surface area contributed by atoms with Crippen LogP contribution in [0.3, 0.4) is 0 Å². The van der Waals surface area contributed by atoms with Gasteiger partial charge in [-0.2, -0.15) is 14.7 Å².